The number of amides is 1. The van der Waals surface area contributed by atoms with Gasteiger partial charge in [0.05, 0.1) is 13.2 Å². The molecular formula is C12H18N2O2. The minimum atomic E-state index is 0.0423. The van der Waals surface area contributed by atoms with Gasteiger partial charge in [-0.05, 0) is 17.7 Å². The molecule has 0 saturated heterocycles. The number of likely N-dealkylation sites (N-methyl/N-ethyl adjacent to an activating group) is 2. The van der Waals surface area contributed by atoms with Crippen molar-refractivity contribution in [1.29, 1.82) is 0 Å². The molecule has 0 aliphatic rings. The van der Waals surface area contributed by atoms with Gasteiger partial charge < -0.3 is 14.9 Å². The standard InChI is InChI=1S/C12H18N2O2/c1-13(2)12(16)8-14(3)11-6-4-10(9-15)5-7-11/h4-7,15H,8-9H2,1-3H3. The van der Waals surface area contributed by atoms with Crippen LogP contribution in [0.5, 0.6) is 0 Å². The van der Waals surface area contributed by atoms with E-state index < -0.39 is 0 Å². The van der Waals surface area contributed by atoms with Crippen LogP contribution in [-0.2, 0) is 11.4 Å². The SMILES string of the molecule is CN(C)C(=O)CN(C)c1ccc(CO)cc1. The molecule has 0 aliphatic carbocycles. The zero-order valence-corrected chi connectivity index (χ0v) is 9.97. The molecule has 0 saturated carbocycles. The first-order chi connectivity index (χ1) is 7.54. The lowest BCUT2D eigenvalue weighted by Crippen LogP contribution is -2.34. The van der Waals surface area contributed by atoms with E-state index in [1.165, 1.54) is 0 Å². The van der Waals surface area contributed by atoms with E-state index in [0.29, 0.717) is 6.54 Å². The van der Waals surface area contributed by atoms with Gasteiger partial charge in [-0.2, -0.15) is 0 Å². The Balaban J connectivity index is 2.65. The number of benzene rings is 1. The van der Waals surface area contributed by atoms with Crippen molar-refractivity contribution in [2.24, 2.45) is 0 Å². The highest BCUT2D eigenvalue weighted by molar-refractivity contribution is 5.80. The van der Waals surface area contributed by atoms with E-state index in [9.17, 15) is 4.79 Å². The summed E-state index contributed by atoms with van der Waals surface area (Å²) in [6.07, 6.45) is 0. The Kier molecular flexibility index (Phi) is 4.31. The Labute approximate surface area is 96.1 Å². The summed E-state index contributed by atoms with van der Waals surface area (Å²) >= 11 is 0. The average Bonchev–Trinajstić information content (AvgIpc) is 2.28. The van der Waals surface area contributed by atoms with Crippen LogP contribution in [0.1, 0.15) is 5.56 Å². The van der Waals surface area contributed by atoms with Crippen molar-refractivity contribution in [2.75, 3.05) is 32.6 Å². The molecule has 0 unspecified atom stereocenters. The maximum atomic E-state index is 11.5. The second kappa shape index (κ2) is 5.51. The van der Waals surface area contributed by atoms with Gasteiger partial charge in [0.1, 0.15) is 0 Å². The van der Waals surface area contributed by atoms with Crippen LogP contribution in [0.3, 0.4) is 0 Å². The van der Waals surface area contributed by atoms with E-state index in [1.807, 2.05) is 36.2 Å². The first kappa shape index (κ1) is 12.5. The quantitative estimate of drug-likeness (QED) is 0.815. The van der Waals surface area contributed by atoms with Crippen LogP contribution in [0.25, 0.3) is 0 Å². The topological polar surface area (TPSA) is 43.8 Å². The lowest BCUT2D eigenvalue weighted by Gasteiger charge is -2.21. The third kappa shape index (κ3) is 3.24. The summed E-state index contributed by atoms with van der Waals surface area (Å²) in [6.45, 7) is 0.395. The lowest BCUT2D eigenvalue weighted by molar-refractivity contribution is -0.127. The minimum Gasteiger partial charge on any atom is -0.392 e. The first-order valence-corrected chi connectivity index (χ1v) is 5.15. The molecule has 1 amide bonds. The second-order valence-corrected chi connectivity index (χ2v) is 3.97. The van der Waals surface area contributed by atoms with Gasteiger partial charge in [-0.25, -0.2) is 0 Å². The first-order valence-electron chi connectivity index (χ1n) is 5.15. The van der Waals surface area contributed by atoms with Crippen LogP contribution >= 0.6 is 0 Å². The number of rotatable bonds is 4. The fraction of sp³-hybridized carbons (Fsp3) is 0.417. The minimum absolute atomic E-state index is 0.0423. The summed E-state index contributed by atoms with van der Waals surface area (Å²) in [5.74, 6) is 0.0636. The van der Waals surface area contributed by atoms with Crippen LogP contribution in [0.4, 0.5) is 5.69 Å². The zero-order valence-electron chi connectivity index (χ0n) is 9.97. The molecule has 0 radical (unpaired) electrons. The van der Waals surface area contributed by atoms with Gasteiger partial charge >= 0.3 is 0 Å². The Bertz CT molecular complexity index is 347. The van der Waals surface area contributed by atoms with Crippen LogP contribution in [0.15, 0.2) is 24.3 Å². The number of nitrogens with zero attached hydrogens (tertiary/aromatic N) is 2. The molecule has 1 aromatic carbocycles. The lowest BCUT2D eigenvalue weighted by atomic mass is 10.2. The Morgan fingerprint density at radius 3 is 2.19 bits per heavy atom. The highest BCUT2D eigenvalue weighted by Gasteiger charge is 2.08. The van der Waals surface area contributed by atoms with Gasteiger partial charge in [0.15, 0.2) is 0 Å². The Morgan fingerprint density at radius 1 is 1.19 bits per heavy atom. The number of carbonyl (C=O) groups excluding carboxylic acids is 1. The van der Waals surface area contributed by atoms with E-state index in [4.69, 9.17) is 5.11 Å². The van der Waals surface area contributed by atoms with Crippen molar-refractivity contribution >= 4 is 11.6 Å². The third-order valence-electron chi connectivity index (χ3n) is 2.43. The number of hydrogen-bond acceptors (Lipinski definition) is 3. The summed E-state index contributed by atoms with van der Waals surface area (Å²) in [4.78, 5) is 14.9. The average molecular weight is 222 g/mol. The highest BCUT2D eigenvalue weighted by Crippen LogP contribution is 2.13. The van der Waals surface area contributed by atoms with Gasteiger partial charge in [0, 0.05) is 26.8 Å². The normalized spacial score (nSPS) is 10.0. The van der Waals surface area contributed by atoms with Gasteiger partial charge in [-0.3, -0.25) is 4.79 Å². The summed E-state index contributed by atoms with van der Waals surface area (Å²) in [5.41, 5.74) is 1.84. The highest BCUT2D eigenvalue weighted by atomic mass is 16.3. The Hall–Kier alpha value is -1.55. The molecule has 0 atom stereocenters. The predicted molar refractivity (Wildman–Crippen MR) is 64.3 cm³/mol. The summed E-state index contributed by atoms with van der Waals surface area (Å²) < 4.78 is 0. The molecule has 1 N–H and O–H groups in total. The number of carbonyl (C=O) groups is 1. The van der Waals surface area contributed by atoms with Crippen molar-refractivity contribution in [3.63, 3.8) is 0 Å². The molecule has 0 heterocycles. The smallest absolute Gasteiger partial charge is 0.241 e. The van der Waals surface area contributed by atoms with Crippen LogP contribution in [0.2, 0.25) is 0 Å². The number of anilines is 1. The van der Waals surface area contributed by atoms with Crippen molar-refractivity contribution in [1.82, 2.24) is 4.90 Å². The molecule has 0 spiro atoms. The number of aliphatic hydroxyl groups excluding tert-OH is 1. The molecule has 0 aliphatic heterocycles. The summed E-state index contributed by atoms with van der Waals surface area (Å²) in [6, 6.07) is 7.50. The molecule has 0 fully saturated rings. The van der Waals surface area contributed by atoms with Gasteiger partial charge in [0.2, 0.25) is 5.91 Å². The van der Waals surface area contributed by atoms with Crippen LogP contribution < -0.4 is 4.90 Å². The van der Waals surface area contributed by atoms with Crippen LogP contribution in [-0.4, -0.2) is 43.6 Å². The summed E-state index contributed by atoms with van der Waals surface area (Å²) in [7, 11) is 5.35. The largest absolute Gasteiger partial charge is 0.392 e. The van der Waals surface area contributed by atoms with E-state index in [1.54, 1.807) is 19.0 Å². The van der Waals surface area contributed by atoms with E-state index in [0.717, 1.165) is 11.3 Å². The van der Waals surface area contributed by atoms with Crippen molar-refractivity contribution < 1.29 is 9.90 Å². The molecule has 16 heavy (non-hydrogen) atoms. The molecule has 1 aromatic rings. The Morgan fingerprint density at radius 2 is 1.75 bits per heavy atom. The molecular weight excluding hydrogens is 204 g/mol. The van der Waals surface area contributed by atoms with Crippen LogP contribution in [0, 0.1) is 0 Å². The number of hydrogen-bond donors (Lipinski definition) is 1. The fourth-order valence-corrected chi connectivity index (χ4v) is 1.29. The monoisotopic (exact) mass is 222 g/mol. The van der Waals surface area contributed by atoms with E-state index in [-0.39, 0.29) is 12.5 Å². The second-order valence-electron chi connectivity index (χ2n) is 3.97. The predicted octanol–water partition coefficient (Wildman–Crippen LogP) is 0.703. The van der Waals surface area contributed by atoms with Crippen molar-refractivity contribution in [2.45, 2.75) is 6.61 Å². The van der Waals surface area contributed by atoms with Gasteiger partial charge in [0.25, 0.3) is 0 Å². The zero-order chi connectivity index (χ0) is 12.1. The molecule has 0 aromatic heterocycles. The van der Waals surface area contributed by atoms with Gasteiger partial charge in [-0.15, -0.1) is 0 Å². The molecule has 4 nitrogen and oxygen atoms in total. The third-order valence-corrected chi connectivity index (χ3v) is 2.43. The molecule has 88 valence electrons. The number of aliphatic hydroxyl groups is 1. The van der Waals surface area contributed by atoms with Crippen molar-refractivity contribution in [3.05, 3.63) is 29.8 Å². The van der Waals surface area contributed by atoms with E-state index >= 15 is 0 Å². The molecule has 0 bridgehead atoms. The van der Waals surface area contributed by atoms with Gasteiger partial charge in [-0.1, -0.05) is 12.1 Å². The van der Waals surface area contributed by atoms with E-state index in [2.05, 4.69) is 0 Å². The summed E-state index contributed by atoms with van der Waals surface area (Å²) in [5, 5.41) is 8.91. The maximum absolute atomic E-state index is 11.5. The fourth-order valence-electron chi connectivity index (χ4n) is 1.29. The van der Waals surface area contributed by atoms with Crippen molar-refractivity contribution in [3.8, 4) is 0 Å². The molecule has 4 heteroatoms. The maximum Gasteiger partial charge on any atom is 0.241 e. The molecule has 1 rings (SSSR count).